The van der Waals surface area contributed by atoms with Crippen molar-refractivity contribution in [2.45, 2.75) is 32.9 Å². The minimum Gasteiger partial charge on any atom is -0.327 e. The van der Waals surface area contributed by atoms with Gasteiger partial charge in [-0.15, -0.1) is 0 Å². The Balaban J connectivity index is 2.40. The maximum atomic E-state index is 6.05. The lowest BCUT2D eigenvalue weighted by atomic mass is 10.0. The molecule has 0 aliphatic heterocycles. The zero-order chi connectivity index (χ0) is 12.8. The first-order chi connectivity index (χ1) is 8.00. The van der Waals surface area contributed by atoms with Crippen LogP contribution in [0.2, 0.25) is 0 Å². The summed E-state index contributed by atoms with van der Waals surface area (Å²) < 4.78 is 1.18. The van der Waals surface area contributed by atoms with E-state index < -0.39 is 0 Å². The molecule has 0 aliphatic carbocycles. The van der Waals surface area contributed by atoms with Gasteiger partial charge in [0.05, 0.1) is 0 Å². The fraction of sp³-hybridized carbons (Fsp3) is 0.571. The monoisotopic (exact) mass is 298 g/mol. The molecule has 1 atom stereocenters. The van der Waals surface area contributed by atoms with E-state index in [-0.39, 0.29) is 0 Å². The summed E-state index contributed by atoms with van der Waals surface area (Å²) in [7, 11) is 2.15. The SMILES string of the molecule is CC(C)C(N)CCN(C)Cc1ccccc1Br. The summed E-state index contributed by atoms with van der Waals surface area (Å²) in [6.07, 6.45) is 1.05. The molecule has 0 spiro atoms. The molecule has 2 nitrogen and oxygen atoms in total. The second-order valence-corrected chi connectivity index (χ2v) is 5.88. The molecule has 0 heterocycles. The molecule has 0 radical (unpaired) electrons. The van der Waals surface area contributed by atoms with Crippen LogP contribution in [0.25, 0.3) is 0 Å². The third-order valence-corrected chi connectivity index (χ3v) is 3.87. The molecule has 1 rings (SSSR count). The molecule has 0 saturated heterocycles. The molecule has 1 aromatic carbocycles. The fourth-order valence-corrected chi connectivity index (χ4v) is 2.11. The Labute approximate surface area is 113 Å². The number of hydrogen-bond acceptors (Lipinski definition) is 2. The Bertz CT molecular complexity index is 339. The van der Waals surface area contributed by atoms with Crippen LogP contribution in [0.5, 0.6) is 0 Å². The smallest absolute Gasteiger partial charge is 0.0241 e. The van der Waals surface area contributed by atoms with Crippen molar-refractivity contribution >= 4 is 15.9 Å². The lowest BCUT2D eigenvalue weighted by Crippen LogP contribution is -2.31. The zero-order valence-electron chi connectivity index (χ0n) is 11.0. The fourth-order valence-electron chi connectivity index (χ4n) is 1.70. The van der Waals surface area contributed by atoms with Crippen molar-refractivity contribution in [3.05, 3.63) is 34.3 Å². The molecule has 0 bridgehead atoms. The third kappa shape index (κ3) is 5.19. The van der Waals surface area contributed by atoms with Gasteiger partial charge >= 0.3 is 0 Å². The van der Waals surface area contributed by atoms with Gasteiger partial charge in [0.15, 0.2) is 0 Å². The largest absolute Gasteiger partial charge is 0.327 e. The lowest BCUT2D eigenvalue weighted by molar-refractivity contribution is 0.296. The molecule has 1 aromatic rings. The van der Waals surface area contributed by atoms with E-state index in [0.29, 0.717) is 12.0 Å². The molecular formula is C14H23BrN2. The van der Waals surface area contributed by atoms with E-state index in [1.165, 1.54) is 10.0 Å². The summed E-state index contributed by atoms with van der Waals surface area (Å²) in [4.78, 5) is 2.32. The van der Waals surface area contributed by atoms with E-state index in [4.69, 9.17) is 5.73 Å². The molecule has 17 heavy (non-hydrogen) atoms. The Morgan fingerprint density at radius 3 is 2.53 bits per heavy atom. The van der Waals surface area contributed by atoms with Crippen molar-refractivity contribution < 1.29 is 0 Å². The number of hydrogen-bond donors (Lipinski definition) is 1. The summed E-state index contributed by atoms with van der Waals surface area (Å²) in [5, 5.41) is 0. The normalized spacial score (nSPS) is 13.4. The summed E-state index contributed by atoms with van der Waals surface area (Å²) in [6, 6.07) is 8.67. The highest BCUT2D eigenvalue weighted by atomic mass is 79.9. The number of benzene rings is 1. The van der Waals surface area contributed by atoms with Crippen molar-refractivity contribution in [1.29, 1.82) is 0 Å². The number of halogens is 1. The van der Waals surface area contributed by atoms with Gasteiger partial charge in [0.25, 0.3) is 0 Å². The first-order valence-electron chi connectivity index (χ1n) is 6.18. The molecule has 0 aromatic heterocycles. The van der Waals surface area contributed by atoms with Gasteiger partial charge in [0.2, 0.25) is 0 Å². The van der Waals surface area contributed by atoms with Crippen molar-refractivity contribution in [3.8, 4) is 0 Å². The summed E-state index contributed by atoms with van der Waals surface area (Å²) >= 11 is 3.58. The van der Waals surface area contributed by atoms with E-state index in [1.54, 1.807) is 0 Å². The number of nitrogens with zero attached hydrogens (tertiary/aromatic N) is 1. The van der Waals surface area contributed by atoms with Gasteiger partial charge in [0, 0.05) is 17.1 Å². The van der Waals surface area contributed by atoms with Crippen molar-refractivity contribution in [2.24, 2.45) is 11.7 Å². The van der Waals surface area contributed by atoms with E-state index in [1.807, 2.05) is 6.07 Å². The van der Waals surface area contributed by atoms with Crippen LogP contribution in [0.3, 0.4) is 0 Å². The number of rotatable bonds is 6. The van der Waals surface area contributed by atoms with Gasteiger partial charge in [-0.05, 0) is 37.6 Å². The molecule has 2 N–H and O–H groups in total. The van der Waals surface area contributed by atoms with Gasteiger partial charge in [-0.1, -0.05) is 48.0 Å². The maximum Gasteiger partial charge on any atom is 0.0241 e. The average molecular weight is 299 g/mol. The number of nitrogens with two attached hydrogens (primary N) is 1. The quantitative estimate of drug-likeness (QED) is 0.873. The minimum atomic E-state index is 0.302. The Morgan fingerprint density at radius 2 is 1.94 bits per heavy atom. The van der Waals surface area contributed by atoms with Crippen molar-refractivity contribution in [2.75, 3.05) is 13.6 Å². The van der Waals surface area contributed by atoms with Crippen LogP contribution in [0.1, 0.15) is 25.8 Å². The van der Waals surface area contributed by atoms with Crippen LogP contribution < -0.4 is 5.73 Å². The predicted molar refractivity (Wildman–Crippen MR) is 77.9 cm³/mol. The minimum absolute atomic E-state index is 0.302. The maximum absolute atomic E-state index is 6.05. The van der Waals surface area contributed by atoms with Crippen molar-refractivity contribution in [1.82, 2.24) is 4.90 Å². The highest BCUT2D eigenvalue weighted by Crippen LogP contribution is 2.17. The Morgan fingerprint density at radius 1 is 1.29 bits per heavy atom. The van der Waals surface area contributed by atoms with E-state index >= 15 is 0 Å². The molecular weight excluding hydrogens is 276 g/mol. The third-order valence-electron chi connectivity index (χ3n) is 3.10. The standard InChI is InChI=1S/C14H23BrN2/c1-11(2)14(16)8-9-17(3)10-12-6-4-5-7-13(12)15/h4-7,11,14H,8-10,16H2,1-3H3. The molecule has 0 aliphatic rings. The van der Waals surface area contributed by atoms with Crippen LogP contribution in [0, 0.1) is 5.92 Å². The molecule has 3 heteroatoms. The Kier molecular flexibility index (Phi) is 6.17. The van der Waals surface area contributed by atoms with Crippen LogP contribution in [0.15, 0.2) is 28.7 Å². The lowest BCUT2D eigenvalue weighted by Gasteiger charge is -2.21. The predicted octanol–water partition coefficient (Wildman–Crippen LogP) is 3.25. The second-order valence-electron chi connectivity index (χ2n) is 5.03. The summed E-state index contributed by atoms with van der Waals surface area (Å²) in [6.45, 7) is 6.36. The summed E-state index contributed by atoms with van der Waals surface area (Å²) in [5.41, 5.74) is 7.38. The highest BCUT2D eigenvalue weighted by molar-refractivity contribution is 9.10. The van der Waals surface area contributed by atoms with Gasteiger partial charge in [-0.3, -0.25) is 0 Å². The Hall–Kier alpha value is -0.380. The van der Waals surface area contributed by atoms with Gasteiger partial charge in [-0.25, -0.2) is 0 Å². The second kappa shape index (κ2) is 7.14. The topological polar surface area (TPSA) is 29.3 Å². The average Bonchev–Trinajstić information content (AvgIpc) is 2.29. The van der Waals surface area contributed by atoms with Crippen LogP contribution in [-0.4, -0.2) is 24.5 Å². The van der Waals surface area contributed by atoms with Crippen molar-refractivity contribution in [3.63, 3.8) is 0 Å². The summed E-state index contributed by atoms with van der Waals surface area (Å²) in [5.74, 6) is 0.562. The first kappa shape index (κ1) is 14.7. The molecule has 0 amide bonds. The van der Waals surface area contributed by atoms with Crippen LogP contribution >= 0.6 is 15.9 Å². The van der Waals surface area contributed by atoms with Gasteiger partial charge < -0.3 is 10.6 Å². The zero-order valence-corrected chi connectivity index (χ0v) is 12.6. The molecule has 0 saturated carbocycles. The van der Waals surface area contributed by atoms with Gasteiger partial charge in [0.1, 0.15) is 0 Å². The highest BCUT2D eigenvalue weighted by Gasteiger charge is 2.09. The molecule has 1 unspecified atom stereocenters. The van der Waals surface area contributed by atoms with E-state index in [0.717, 1.165) is 19.5 Å². The van der Waals surface area contributed by atoms with Crippen LogP contribution in [0.4, 0.5) is 0 Å². The van der Waals surface area contributed by atoms with Gasteiger partial charge in [-0.2, -0.15) is 0 Å². The van der Waals surface area contributed by atoms with E-state index in [2.05, 4.69) is 59.9 Å². The molecule has 0 fully saturated rings. The van der Waals surface area contributed by atoms with Crippen LogP contribution in [-0.2, 0) is 6.54 Å². The van der Waals surface area contributed by atoms with E-state index in [9.17, 15) is 0 Å². The first-order valence-corrected chi connectivity index (χ1v) is 6.97. The molecule has 96 valence electrons.